The van der Waals surface area contributed by atoms with Gasteiger partial charge in [0.25, 0.3) is 0 Å². The van der Waals surface area contributed by atoms with Crippen molar-refractivity contribution in [2.24, 2.45) is 4.99 Å². The minimum atomic E-state index is 0.105. The molecule has 2 heterocycles. The van der Waals surface area contributed by atoms with E-state index in [1.807, 2.05) is 36.4 Å². The summed E-state index contributed by atoms with van der Waals surface area (Å²) in [4.78, 5) is 12.7. The number of nitrogens with one attached hydrogen (secondary N) is 3. The van der Waals surface area contributed by atoms with Gasteiger partial charge < -0.3 is 20.4 Å². The van der Waals surface area contributed by atoms with Gasteiger partial charge in [0.05, 0.1) is 17.6 Å². The van der Waals surface area contributed by atoms with Crippen molar-refractivity contribution in [2.75, 3.05) is 19.6 Å². The molecule has 27 heavy (non-hydrogen) atoms. The van der Waals surface area contributed by atoms with Crippen molar-refractivity contribution in [3.63, 3.8) is 0 Å². The Kier molecular flexibility index (Phi) is 5.23. The number of rotatable bonds is 6. The molecule has 0 bridgehead atoms. The van der Waals surface area contributed by atoms with E-state index in [0.29, 0.717) is 6.54 Å². The predicted octanol–water partition coefficient (Wildman–Crippen LogP) is 2.66. The molecule has 4 rings (SSSR count). The fourth-order valence-corrected chi connectivity index (χ4v) is 3.31. The van der Waals surface area contributed by atoms with E-state index in [0.717, 1.165) is 54.5 Å². The van der Waals surface area contributed by atoms with E-state index >= 15 is 0 Å². The van der Waals surface area contributed by atoms with Crippen LogP contribution in [0.4, 0.5) is 0 Å². The van der Waals surface area contributed by atoms with Gasteiger partial charge in [-0.05, 0) is 30.7 Å². The molecule has 0 radical (unpaired) electrons. The number of H-pyrrole nitrogens is 1. The van der Waals surface area contributed by atoms with Gasteiger partial charge in [0.1, 0.15) is 17.7 Å². The first-order valence-electron chi connectivity index (χ1n) is 9.52. The average molecular weight is 363 g/mol. The highest BCUT2D eigenvalue weighted by molar-refractivity contribution is 5.79. The molecule has 0 saturated carbocycles. The average Bonchev–Trinajstić information content (AvgIpc) is 3.29. The zero-order valence-electron chi connectivity index (χ0n) is 15.5. The van der Waals surface area contributed by atoms with Gasteiger partial charge in [-0.2, -0.15) is 0 Å². The molecule has 140 valence electrons. The van der Waals surface area contributed by atoms with Crippen molar-refractivity contribution in [1.29, 1.82) is 0 Å². The molecule has 2 aromatic carbocycles. The molecular weight excluding hydrogens is 338 g/mol. The second kappa shape index (κ2) is 8.12. The first kappa shape index (κ1) is 17.4. The molecule has 0 fully saturated rings. The number of hydrogen-bond donors (Lipinski definition) is 3. The third-order valence-electron chi connectivity index (χ3n) is 4.60. The highest BCUT2D eigenvalue weighted by Crippen LogP contribution is 2.28. The fourth-order valence-electron chi connectivity index (χ4n) is 3.31. The van der Waals surface area contributed by atoms with Crippen molar-refractivity contribution in [3.8, 4) is 5.75 Å². The summed E-state index contributed by atoms with van der Waals surface area (Å²) in [5, 5.41) is 6.68. The third kappa shape index (κ3) is 4.22. The minimum absolute atomic E-state index is 0.105. The van der Waals surface area contributed by atoms with Crippen LogP contribution in [0.2, 0.25) is 0 Å². The quantitative estimate of drug-likeness (QED) is 0.465. The minimum Gasteiger partial charge on any atom is -0.488 e. The maximum Gasteiger partial charge on any atom is 0.191 e. The Balaban J connectivity index is 1.30. The number of hydrogen-bond acceptors (Lipinski definition) is 3. The Morgan fingerprint density at radius 1 is 1.19 bits per heavy atom. The summed E-state index contributed by atoms with van der Waals surface area (Å²) < 4.78 is 5.97. The van der Waals surface area contributed by atoms with Gasteiger partial charge in [0, 0.05) is 25.9 Å². The van der Waals surface area contributed by atoms with Crippen LogP contribution in [-0.4, -0.2) is 41.7 Å². The molecular formula is C21H25N5O. The van der Waals surface area contributed by atoms with Gasteiger partial charge in [-0.15, -0.1) is 0 Å². The lowest BCUT2D eigenvalue weighted by atomic mass is 10.1. The van der Waals surface area contributed by atoms with Gasteiger partial charge in [-0.3, -0.25) is 0 Å². The summed E-state index contributed by atoms with van der Waals surface area (Å²) in [7, 11) is 0. The number of para-hydroxylation sites is 3. The smallest absolute Gasteiger partial charge is 0.191 e. The largest absolute Gasteiger partial charge is 0.488 e. The van der Waals surface area contributed by atoms with Crippen LogP contribution >= 0.6 is 0 Å². The molecule has 1 atom stereocenters. The van der Waals surface area contributed by atoms with Gasteiger partial charge in [-0.25, -0.2) is 9.98 Å². The molecule has 0 amide bonds. The zero-order valence-corrected chi connectivity index (χ0v) is 15.5. The van der Waals surface area contributed by atoms with Crippen molar-refractivity contribution < 1.29 is 4.74 Å². The number of nitrogens with zero attached hydrogens (tertiary/aromatic N) is 2. The normalized spacial score (nSPS) is 16.2. The number of imidazole rings is 1. The number of benzene rings is 2. The zero-order chi connectivity index (χ0) is 18.5. The van der Waals surface area contributed by atoms with Crippen LogP contribution in [0.3, 0.4) is 0 Å². The SMILES string of the molecule is CCNC(=NCC1Cc2ccccc2O1)NCCc1nc2ccccc2[nH]1. The van der Waals surface area contributed by atoms with Gasteiger partial charge >= 0.3 is 0 Å². The Morgan fingerprint density at radius 3 is 2.89 bits per heavy atom. The molecule has 6 heteroatoms. The molecule has 1 aliphatic rings. The van der Waals surface area contributed by atoms with Crippen LogP contribution in [0.25, 0.3) is 11.0 Å². The number of guanidine groups is 1. The van der Waals surface area contributed by atoms with Crippen LogP contribution in [0.5, 0.6) is 5.75 Å². The maximum absolute atomic E-state index is 5.97. The highest BCUT2D eigenvalue weighted by Gasteiger charge is 2.21. The summed E-state index contributed by atoms with van der Waals surface area (Å²) in [5.74, 6) is 2.78. The van der Waals surface area contributed by atoms with Gasteiger partial charge in [-0.1, -0.05) is 30.3 Å². The second-order valence-electron chi connectivity index (χ2n) is 6.65. The van der Waals surface area contributed by atoms with Crippen molar-refractivity contribution in [2.45, 2.75) is 25.9 Å². The van der Waals surface area contributed by atoms with E-state index in [-0.39, 0.29) is 6.10 Å². The Labute approximate surface area is 159 Å². The van der Waals surface area contributed by atoms with E-state index in [2.05, 4.69) is 39.7 Å². The number of ether oxygens (including phenoxy) is 1. The second-order valence-corrected chi connectivity index (χ2v) is 6.65. The van der Waals surface area contributed by atoms with E-state index < -0.39 is 0 Å². The van der Waals surface area contributed by atoms with Crippen molar-refractivity contribution in [3.05, 3.63) is 59.9 Å². The summed E-state index contributed by atoms with van der Waals surface area (Å²) in [5.41, 5.74) is 3.34. The Morgan fingerprint density at radius 2 is 2.04 bits per heavy atom. The lowest BCUT2D eigenvalue weighted by Gasteiger charge is -2.13. The molecule has 0 saturated heterocycles. The molecule has 1 unspecified atom stereocenters. The van der Waals surface area contributed by atoms with E-state index in [1.54, 1.807) is 0 Å². The van der Waals surface area contributed by atoms with Crippen molar-refractivity contribution >= 4 is 17.0 Å². The number of aliphatic imine (C=N–C) groups is 1. The fraction of sp³-hybridized carbons (Fsp3) is 0.333. The number of aromatic amines is 1. The maximum atomic E-state index is 5.97. The molecule has 3 N–H and O–H groups in total. The van der Waals surface area contributed by atoms with E-state index in [9.17, 15) is 0 Å². The molecule has 1 aliphatic heterocycles. The first-order valence-corrected chi connectivity index (χ1v) is 9.52. The Hall–Kier alpha value is -3.02. The molecule has 6 nitrogen and oxygen atoms in total. The molecule has 1 aromatic heterocycles. The van der Waals surface area contributed by atoms with E-state index in [4.69, 9.17) is 9.73 Å². The summed E-state index contributed by atoms with van der Waals surface area (Å²) in [6.45, 7) is 4.28. The van der Waals surface area contributed by atoms with Crippen LogP contribution in [0.1, 0.15) is 18.3 Å². The predicted molar refractivity (Wildman–Crippen MR) is 108 cm³/mol. The van der Waals surface area contributed by atoms with E-state index in [1.165, 1.54) is 5.56 Å². The number of fused-ring (bicyclic) bond motifs is 2. The van der Waals surface area contributed by atoms with Crippen LogP contribution in [-0.2, 0) is 12.8 Å². The molecule has 3 aromatic rings. The monoisotopic (exact) mass is 363 g/mol. The van der Waals surface area contributed by atoms with Crippen LogP contribution in [0, 0.1) is 0 Å². The molecule has 0 aliphatic carbocycles. The lowest BCUT2D eigenvalue weighted by molar-refractivity contribution is 0.241. The first-order chi connectivity index (χ1) is 13.3. The van der Waals surface area contributed by atoms with Crippen LogP contribution in [0.15, 0.2) is 53.5 Å². The molecule has 0 spiro atoms. The van der Waals surface area contributed by atoms with Crippen molar-refractivity contribution in [1.82, 2.24) is 20.6 Å². The Bertz CT molecular complexity index is 875. The third-order valence-corrected chi connectivity index (χ3v) is 4.60. The standard InChI is InChI=1S/C21H25N5O/c1-2-22-21(24-14-16-13-15-7-3-6-10-19(15)27-16)23-12-11-20-25-17-8-4-5-9-18(17)26-20/h3-10,16H,2,11-14H2,1H3,(H,25,26)(H2,22,23,24). The summed E-state index contributed by atoms with van der Waals surface area (Å²) in [6, 6.07) is 16.3. The topological polar surface area (TPSA) is 74.3 Å². The highest BCUT2D eigenvalue weighted by atomic mass is 16.5. The summed E-state index contributed by atoms with van der Waals surface area (Å²) in [6.07, 6.45) is 1.83. The number of aromatic nitrogens is 2. The van der Waals surface area contributed by atoms with Crippen LogP contribution < -0.4 is 15.4 Å². The van der Waals surface area contributed by atoms with Gasteiger partial charge in [0.2, 0.25) is 0 Å². The summed E-state index contributed by atoms with van der Waals surface area (Å²) >= 11 is 0. The lowest BCUT2D eigenvalue weighted by Crippen LogP contribution is -2.39. The van der Waals surface area contributed by atoms with Gasteiger partial charge in [0.15, 0.2) is 5.96 Å².